The summed E-state index contributed by atoms with van der Waals surface area (Å²) in [7, 11) is 0. The maximum atomic E-state index is 11.9. The van der Waals surface area contributed by atoms with Gasteiger partial charge in [0.15, 0.2) is 6.61 Å². The molecule has 2 aromatic rings. The number of hydrogen-bond donors (Lipinski definition) is 2. The number of amides is 2. The molecule has 0 unspecified atom stereocenters. The lowest BCUT2D eigenvalue weighted by molar-refractivity contribution is -0.118. The van der Waals surface area contributed by atoms with Gasteiger partial charge in [0.1, 0.15) is 5.75 Å². The van der Waals surface area contributed by atoms with Gasteiger partial charge in [-0.3, -0.25) is 9.59 Å². The first-order chi connectivity index (χ1) is 11.0. The van der Waals surface area contributed by atoms with Crippen LogP contribution in [0.15, 0.2) is 46.9 Å². The molecule has 0 aliphatic heterocycles. The van der Waals surface area contributed by atoms with E-state index in [4.69, 9.17) is 10.5 Å². The Kier molecular flexibility index (Phi) is 5.76. The van der Waals surface area contributed by atoms with E-state index in [2.05, 4.69) is 28.2 Å². The minimum Gasteiger partial charge on any atom is -0.483 e. The molecule has 0 saturated heterocycles. The number of nitrogens with two attached hydrogens (primary N) is 1. The van der Waals surface area contributed by atoms with Gasteiger partial charge in [-0.1, -0.05) is 13.0 Å². The maximum Gasteiger partial charge on any atom is 0.262 e. The van der Waals surface area contributed by atoms with E-state index < -0.39 is 5.91 Å². The lowest BCUT2D eigenvalue weighted by Gasteiger charge is -2.10. The quantitative estimate of drug-likeness (QED) is 0.812. The van der Waals surface area contributed by atoms with Gasteiger partial charge in [-0.2, -0.15) is 0 Å². The van der Waals surface area contributed by atoms with Crippen LogP contribution in [0.5, 0.6) is 5.75 Å². The summed E-state index contributed by atoms with van der Waals surface area (Å²) in [6, 6.07) is 12.1. The molecule has 0 radical (unpaired) electrons. The number of carbonyl (C=O) groups is 2. The molecule has 2 rings (SSSR count). The van der Waals surface area contributed by atoms with E-state index in [9.17, 15) is 9.59 Å². The predicted octanol–water partition coefficient (Wildman–Crippen LogP) is 3.13. The second-order valence-corrected chi connectivity index (χ2v) is 5.75. The van der Waals surface area contributed by atoms with Gasteiger partial charge in [-0.25, -0.2) is 0 Å². The molecular weight excluding hydrogens is 360 g/mol. The Hall–Kier alpha value is -2.34. The van der Waals surface area contributed by atoms with Crippen molar-refractivity contribution in [2.75, 3.05) is 11.9 Å². The fraction of sp³-hybridized carbons (Fsp3) is 0.176. The fourth-order valence-electron chi connectivity index (χ4n) is 1.94. The van der Waals surface area contributed by atoms with E-state index in [1.165, 1.54) is 5.56 Å². The molecule has 0 bridgehead atoms. The highest BCUT2D eigenvalue weighted by atomic mass is 79.9. The molecule has 0 aliphatic rings. The highest BCUT2D eigenvalue weighted by molar-refractivity contribution is 9.10. The largest absolute Gasteiger partial charge is 0.483 e. The zero-order chi connectivity index (χ0) is 16.8. The first-order valence-electron chi connectivity index (χ1n) is 7.10. The normalized spacial score (nSPS) is 10.2. The fourth-order valence-corrected chi connectivity index (χ4v) is 2.48. The van der Waals surface area contributed by atoms with Crippen LogP contribution in [-0.4, -0.2) is 18.4 Å². The smallest absolute Gasteiger partial charge is 0.262 e. The molecule has 0 fully saturated rings. The zero-order valence-electron chi connectivity index (χ0n) is 12.6. The lowest BCUT2D eigenvalue weighted by atomic mass is 10.2. The van der Waals surface area contributed by atoms with Crippen LogP contribution in [0, 0.1) is 0 Å². The summed E-state index contributed by atoms with van der Waals surface area (Å²) in [6.07, 6.45) is 0.931. The van der Waals surface area contributed by atoms with Crippen LogP contribution in [0.25, 0.3) is 0 Å². The molecule has 120 valence electrons. The third-order valence-corrected chi connectivity index (χ3v) is 3.84. The monoisotopic (exact) mass is 376 g/mol. The molecular formula is C17H17BrN2O3. The molecule has 0 spiro atoms. The van der Waals surface area contributed by atoms with Crippen LogP contribution in [0.1, 0.15) is 22.8 Å². The Labute approximate surface area is 143 Å². The summed E-state index contributed by atoms with van der Waals surface area (Å²) in [4.78, 5) is 22.9. The van der Waals surface area contributed by atoms with E-state index in [0.29, 0.717) is 17.0 Å². The molecule has 6 heteroatoms. The standard InChI is InChI=1S/C17H17BrN2O3/c1-2-11-3-8-15(14(18)9-11)23-10-16(21)20-13-6-4-12(5-7-13)17(19)22/h3-9H,2,10H2,1H3,(H2,19,22)(H,20,21). The van der Waals surface area contributed by atoms with Crippen molar-refractivity contribution in [3.05, 3.63) is 58.1 Å². The van der Waals surface area contributed by atoms with E-state index in [1.807, 2.05) is 18.2 Å². The summed E-state index contributed by atoms with van der Waals surface area (Å²) >= 11 is 3.43. The summed E-state index contributed by atoms with van der Waals surface area (Å²) < 4.78 is 6.31. The van der Waals surface area contributed by atoms with Crippen molar-refractivity contribution in [3.8, 4) is 5.75 Å². The van der Waals surface area contributed by atoms with Crippen molar-refractivity contribution in [2.45, 2.75) is 13.3 Å². The molecule has 2 amide bonds. The zero-order valence-corrected chi connectivity index (χ0v) is 14.2. The number of halogens is 1. The topological polar surface area (TPSA) is 81.4 Å². The van der Waals surface area contributed by atoms with Gasteiger partial charge in [0, 0.05) is 11.3 Å². The average Bonchev–Trinajstić information content (AvgIpc) is 2.54. The van der Waals surface area contributed by atoms with Crippen molar-refractivity contribution in [1.29, 1.82) is 0 Å². The Balaban J connectivity index is 1.91. The van der Waals surface area contributed by atoms with Crippen LogP contribution in [-0.2, 0) is 11.2 Å². The molecule has 3 N–H and O–H groups in total. The summed E-state index contributed by atoms with van der Waals surface area (Å²) in [5.41, 5.74) is 7.31. The second kappa shape index (κ2) is 7.78. The number of carbonyl (C=O) groups excluding carboxylic acids is 2. The number of benzene rings is 2. The number of hydrogen-bond acceptors (Lipinski definition) is 3. The van der Waals surface area contributed by atoms with Crippen molar-refractivity contribution < 1.29 is 14.3 Å². The van der Waals surface area contributed by atoms with Gasteiger partial charge in [-0.15, -0.1) is 0 Å². The lowest BCUT2D eigenvalue weighted by Crippen LogP contribution is -2.20. The van der Waals surface area contributed by atoms with Gasteiger partial charge in [-0.05, 0) is 64.3 Å². The van der Waals surface area contributed by atoms with Crippen molar-refractivity contribution in [2.24, 2.45) is 5.73 Å². The van der Waals surface area contributed by atoms with Crippen LogP contribution < -0.4 is 15.8 Å². The van der Waals surface area contributed by atoms with Gasteiger partial charge in [0.25, 0.3) is 5.91 Å². The SMILES string of the molecule is CCc1ccc(OCC(=O)Nc2ccc(C(N)=O)cc2)c(Br)c1. The summed E-state index contributed by atoms with van der Waals surface area (Å²) in [6.45, 7) is 1.96. The number of aryl methyl sites for hydroxylation is 1. The molecule has 23 heavy (non-hydrogen) atoms. The van der Waals surface area contributed by atoms with Crippen molar-refractivity contribution in [3.63, 3.8) is 0 Å². The third kappa shape index (κ3) is 4.82. The van der Waals surface area contributed by atoms with Gasteiger partial charge in [0.05, 0.1) is 4.47 Å². The van der Waals surface area contributed by atoms with Crippen LogP contribution >= 0.6 is 15.9 Å². The van der Waals surface area contributed by atoms with Crippen LogP contribution in [0.2, 0.25) is 0 Å². The Morgan fingerprint density at radius 3 is 2.43 bits per heavy atom. The molecule has 0 aromatic heterocycles. The van der Waals surface area contributed by atoms with Crippen molar-refractivity contribution >= 4 is 33.4 Å². The average molecular weight is 377 g/mol. The summed E-state index contributed by atoms with van der Waals surface area (Å²) in [5, 5.41) is 2.69. The van der Waals surface area contributed by atoms with Gasteiger partial charge in [0.2, 0.25) is 5.91 Å². The van der Waals surface area contributed by atoms with E-state index in [1.54, 1.807) is 24.3 Å². The number of ether oxygens (including phenoxy) is 1. The first-order valence-corrected chi connectivity index (χ1v) is 7.90. The minimum atomic E-state index is -0.508. The Morgan fingerprint density at radius 1 is 1.17 bits per heavy atom. The number of primary amides is 1. The Bertz CT molecular complexity index is 714. The van der Waals surface area contributed by atoms with Gasteiger partial charge < -0.3 is 15.8 Å². The molecule has 0 atom stereocenters. The van der Waals surface area contributed by atoms with E-state index in [0.717, 1.165) is 10.9 Å². The molecule has 0 saturated carbocycles. The maximum absolute atomic E-state index is 11.9. The molecule has 0 heterocycles. The van der Waals surface area contributed by atoms with Crippen LogP contribution in [0.3, 0.4) is 0 Å². The number of nitrogens with one attached hydrogen (secondary N) is 1. The second-order valence-electron chi connectivity index (χ2n) is 4.90. The predicted molar refractivity (Wildman–Crippen MR) is 92.6 cm³/mol. The van der Waals surface area contributed by atoms with Gasteiger partial charge >= 0.3 is 0 Å². The van der Waals surface area contributed by atoms with Crippen LogP contribution in [0.4, 0.5) is 5.69 Å². The number of rotatable bonds is 6. The first kappa shape index (κ1) is 17.0. The Morgan fingerprint density at radius 2 is 1.87 bits per heavy atom. The molecule has 0 aliphatic carbocycles. The van der Waals surface area contributed by atoms with E-state index in [-0.39, 0.29) is 12.5 Å². The molecule has 5 nitrogen and oxygen atoms in total. The third-order valence-electron chi connectivity index (χ3n) is 3.22. The highest BCUT2D eigenvalue weighted by Crippen LogP contribution is 2.26. The number of anilines is 1. The summed E-state index contributed by atoms with van der Waals surface area (Å²) in [5.74, 6) is -0.184. The van der Waals surface area contributed by atoms with E-state index >= 15 is 0 Å². The molecule has 2 aromatic carbocycles. The minimum absolute atomic E-state index is 0.109. The van der Waals surface area contributed by atoms with Crippen molar-refractivity contribution in [1.82, 2.24) is 0 Å². The highest BCUT2D eigenvalue weighted by Gasteiger charge is 2.07.